The minimum Gasteiger partial charge on any atom is -0.386 e. The van der Waals surface area contributed by atoms with Crippen molar-refractivity contribution >= 4 is 5.91 Å². The van der Waals surface area contributed by atoms with Crippen LogP contribution in [0, 0.1) is 5.41 Å². The molecule has 1 aromatic rings. The molecule has 1 atom stereocenters. The molecule has 1 amide bonds. The lowest BCUT2D eigenvalue weighted by Gasteiger charge is -2.38. The Morgan fingerprint density at radius 1 is 1.48 bits per heavy atom. The largest absolute Gasteiger partial charge is 0.386 e. The van der Waals surface area contributed by atoms with Crippen molar-refractivity contribution in [2.24, 2.45) is 5.41 Å². The number of nitrogens with one attached hydrogen (secondary N) is 1. The molecule has 0 aromatic heterocycles. The number of carbonyl (C=O) groups excluding carboxylic acids is 1. The third kappa shape index (κ3) is 2.57. The second-order valence-corrected chi connectivity index (χ2v) is 6.79. The minimum atomic E-state index is -1.03. The van der Waals surface area contributed by atoms with Crippen LogP contribution >= 0.6 is 0 Å². The van der Waals surface area contributed by atoms with Gasteiger partial charge in [-0.05, 0) is 25.5 Å². The van der Waals surface area contributed by atoms with Gasteiger partial charge in [-0.3, -0.25) is 4.79 Å². The molecule has 0 saturated carbocycles. The molecule has 3 rings (SSSR count). The Bertz CT molecular complexity index is 572. The number of carbonyl (C=O) groups is 1. The van der Waals surface area contributed by atoms with Crippen LogP contribution in [0.15, 0.2) is 18.2 Å². The van der Waals surface area contributed by atoms with Gasteiger partial charge in [0.2, 0.25) is 0 Å². The van der Waals surface area contributed by atoms with Crippen molar-refractivity contribution in [1.82, 2.24) is 5.32 Å². The summed E-state index contributed by atoms with van der Waals surface area (Å²) in [4.78, 5) is 12.1. The van der Waals surface area contributed by atoms with E-state index in [1.54, 1.807) is 26.0 Å². The molecule has 1 saturated heterocycles. The molecule has 0 bridgehead atoms. The van der Waals surface area contributed by atoms with Crippen LogP contribution in [0.4, 0.5) is 0 Å². The van der Waals surface area contributed by atoms with E-state index in [1.165, 1.54) is 0 Å². The van der Waals surface area contributed by atoms with Crippen molar-refractivity contribution in [3.05, 3.63) is 34.9 Å². The zero-order chi connectivity index (χ0) is 15.3. The van der Waals surface area contributed by atoms with E-state index in [4.69, 9.17) is 9.47 Å². The molecule has 2 N–H and O–H groups in total. The highest BCUT2D eigenvalue weighted by Crippen LogP contribution is 2.37. The molecule has 0 spiro atoms. The van der Waals surface area contributed by atoms with Crippen LogP contribution in [0.5, 0.6) is 0 Å². The van der Waals surface area contributed by atoms with Crippen molar-refractivity contribution in [3.8, 4) is 0 Å². The van der Waals surface area contributed by atoms with E-state index in [9.17, 15) is 9.90 Å². The Balaban J connectivity index is 1.88. The first kappa shape index (κ1) is 14.5. The summed E-state index contributed by atoms with van der Waals surface area (Å²) in [6, 6.07) is 5.39. The van der Waals surface area contributed by atoms with Crippen LogP contribution in [0.25, 0.3) is 0 Å². The molecule has 0 radical (unpaired) electrons. The number of benzene rings is 1. The van der Waals surface area contributed by atoms with Gasteiger partial charge in [0.25, 0.3) is 5.91 Å². The Hall–Kier alpha value is -1.43. The summed E-state index contributed by atoms with van der Waals surface area (Å²) in [5, 5.41) is 13.2. The molecule has 0 aliphatic carbocycles. The van der Waals surface area contributed by atoms with Crippen LogP contribution in [-0.4, -0.2) is 30.8 Å². The quantitative estimate of drug-likeness (QED) is 0.886. The van der Waals surface area contributed by atoms with Gasteiger partial charge in [0.05, 0.1) is 25.4 Å². The highest BCUT2D eigenvalue weighted by Gasteiger charge is 2.39. The van der Waals surface area contributed by atoms with Crippen LogP contribution in [0.3, 0.4) is 0 Å². The summed E-state index contributed by atoms with van der Waals surface area (Å²) < 4.78 is 11.1. The first-order chi connectivity index (χ1) is 9.80. The van der Waals surface area contributed by atoms with E-state index in [0.717, 1.165) is 11.1 Å². The molecule has 2 heterocycles. The summed E-state index contributed by atoms with van der Waals surface area (Å²) in [5.74, 6) is -0.156. The first-order valence-electron chi connectivity index (χ1n) is 7.16. The summed E-state index contributed by atoms with van der Waals surface area (Å²) in [7, 11) is 0. The van der Waals surface area contributed by atoms with Crippen LogP contribution in [-0.2, 0) is 15.1 Å². The van der Waals surface area contributed by atoms with E-state index in [1.807, 2.05) is 6.07 Å². The molecule has 5 nitrogen and oxygen atoms in total. The molecule has 21 heavy (non-hydrogen) atoms. The number of hydrogen-bond acceptors (Lipinski definition) is 4. The average Bonchev–Trinajstić information content (AvgIpc) is 2.70. The second kappa shape index (κ2) is 4.80. The van der Waals surface area contributed by atoms with Gasteiger partial charge in [0.15, 0.2) is 6.23 Å². The average molecular weight is 291 g/mol. The molecular weight excluding hydrogens is 270 g/mol. The van der Waals surface area contributed by atoms with E-state index < -0.39 is 11.8 Å². The maximum Gasteiger partial charge on any atom is 0.253 e. The lowest BCUT2D eigenvalue weighted by Crippen LogP contribution is -2.44. The Morgan fingerprint density at radius 2 is 2.19 bits per heavy atom. The topological polar surface area (TPSA) is 67.8 Å². The maximum absolute atomic E-state index is 12.1. The lowest BCUT2D eigenvalue weighted by atomic mass is 9.89. The summed E-state index contributed by atoms with van der Waals surface area (Å²) in [6.45, 7) is 7.38. The first-order valence-corrected chi connectivity index (χ1v) is 7.16. The molecule has 1 unspecified atom stereocenters. The zero-order valence-electron chi connectivity index (χ0n) is 12.6. The molecule has 114 valence electrons. The standard InChI is InChI=1S/C16H21NO4/c1-15(2,19)11-6-4-5-10-12(11)14(17-13(10)18)21-9-16(3)7-20-8-16/h4-6,14,19H,7-9H2,1-3H3,(H,17,18). The highest BCUT2D eigenvalue weighted by molar-refractivity contribution is 5.99. The zero-order valence-corrected chi connectivity index (χ0v) is 12.6. The third-order valence-electron chi connectivity index (χ3n) is 4.03. The van der Waals surface area contributed by atoms with Gasteiger partial charge in [0, 0.05) is 16.5 Å². The number of amides is 1. The molecule has 2 aliphatic rings. The number of aliphatic hydroxyl groups is 1. The SMILES string of the molecule is CC1(COC2NC(=O)c3cccc(C(C)(C)O)c32)COC1. The lowest BCUT2D eigenvalue weighted by molar-refractivity contribution is -0.151. The van der Waals surface area contributed by atoms with Gasteiger partial charge in [-0.25, -0.2) is 0 Å². The smallest absolute Gasteiger partial charge is 0.253 e. The van der Waals surface area contributed by atoms with Gasteiger partial charge >= 0.3 is 0 Å². The third-order valence-corrected chi connectivity index (χ3v) is 4.03. The van der Waals surface area contributed by atoms with Gasteiger partial charge in [-0.1, -0.05) is 19.1 Å². The van der Waals surface area contributed by atoms with E-state index in [0.29, 0.717) is 25.4 Å². The van der Waals surface area contributed by atoms with Crippen molar-refractivity contribution in [3.63, 3.8) is 0 Å². The van der Waals surface area contributed by atoms with Gasteiger partial charge in [-0.2, -0.15) is 0 Å². The van der Waals surface area contributed by atoms with E-state index in [-0.39, 0.29) is 11.3 Å². The second-order valence-electron chi connectivity index (χ2n) is 6.79. The fraction of sp³-hybridized carbons (Fsp3) is 0.562. The Kier molecular flexibility index (Phi) is 3.31. The van der Waals surface area contributed by atoms with Crippen molar-refractivity contribution < 1.29 is 19.4 Å². The van der Waals surface area contributed by atoms with Gasteiger partial charge < -0.3 is 19.9 Å². The maximum atomic E-state index is 12.1. The summed E-state index contributed by atoms with van der Waals surface area (Å²) in [5.41, 5.74) is 1.03. The fourth-order valence-corrected chi connectivity index (χ4v) is 2.79. The van der Waals surface area contributed by atoms with Crippen molar-refractivity contribution in [2.75, 3.05) is 19.8 Å². The summed E-state index contributed by atoms with van der Waals surface area (Å²) >= 11 is 0. The monoisotopic (exact) mass is 291 g/mol. The molecule has 1 aromatic carbocycles. The van der Waals surface area contributed by atoms with Crippen LogP contribution in [0.2, 0.25) is 0 Å². The number of fused-ring (bicyclic) bond motifs is 1. The number of hydrogen-bond donors (Lipinski definition) is 2. The molecule has 1 fully saturated rings. The highest BCUT2D eigenvalue weighted by atomic mass is 16.5. The van der Waals surface area contributed by atoms with Gasteiger partial charge in [0.1, 0.15) is 0 Å². The molecule has 2 aliphatic heterocycles. The Morgan fingerprint density at radius 3 is 2.76 bits per heavy atom. The van der Waals surface area contributed by atoms with E-state index in [2.05, 4.69) is 12.2 Å². The van der Waals surface area contributed by atoms with Crippen molar-refractivity contribution in [1.29, 1.82) is 0 Å². The predicted octanol–water partition coefficient (Wildman–Crippen LogP) is 1.71. The minimum absolute atomic E-state index is 0.0111. The molecular formula is C16H21NO4. The summed E-state index contributed by atoms with van der Waals surface area (Å²) in [6.07, 6.45) is -0.507. The Labute approximate surface area is 124 Å². The number of rotatable bonds is 4. The number of ether oxygens (including phenoxy) is 2. The van der Waals surface area contributed by atoms with Crippen molar-refractivity contribution in [2.45, 2.75) is 32.6 Å². The fourth-order valence-electron chi connectivity index (χ4n) is 2.79. The predicted molar refractivity (Wildman–Crippen MR) is 76.8 cm³/mol. The van der Waals surface area contributed by atoms with Crippen LogP contribution < -0.4 is 5.32 Å². The normalized spacial score (nSPS) is 23.4. The molecule has 5 heteroatoms. The van der Waals surface area contributed by atoms with Gasteiger partial charge in [-0.15, -0.1) is 0 Å². The van der Waals surface area contributed by atoms with E-state index >= 15 is 0 Å². The van der Waals surface area contributed by atoms with Crippen LogP contribution in [0.1, 0.15) is 48.5 Å².